The summed E-state index contributed by atoms with van der Waals surface area (Å²) < 4.78 is 1.56. The summed E-state index contributed by atoms with van der Waals surface area (Å²) in [5, 5.41) is 19.4. The zero-order valence-corrected chi connectivity index (χ0v) is 18.3. The Hall–Kier alpha value is -4.05. The van der Waals surface area contributed by atoms with Crippen molar-refractivity contribution in [3.63, 3.8) is 0 Å². The summed E-state index contributed by atoms with van der Waals surface area (Å²) in [6.07, 6.45) is 6.72. The quantitative estimate of drug-likeness (QED) is 0.397. The van der Waals surface area contributed by atoms with E-state index in [1.165, 1.54) is 0 Å². The monoisotopic (exact) mass is 461 g/mol. The van der Waals surface area contributed by atoms with Gasteiger partial charge in [0.15, 0.2) is 28.8 Å². The summed E-state index contributed by atoms with van der Waals surface area (Å²) in [6, 6.07) is 10.9. The number of nitrogens with two attached hydrogens (primary N) is 1. The third-order valence-electron chi connectivity index (χ3n) is 5.22. The van der Waals surface area contributed by atoms with Gasteiger partial charge in [-0.05, 0) is 55.2 Å². The van der Waals surface area contributed by atoms with E-state index in [0.717, 1.165) is 30.5 Å². The highest BCUT2D eigenvalue weighted by molar-refractivity contribution is 6.30. The van der Waals surface area contributed by atoms with Gasteiger partial charge >= 0.3 is 0 Å². The molecule has 0 atom stereocenters. The SMILES string of the molecule is Nc1ncc(C2=CCCC2)nc1C(=O)NCc1nnc2ccc(Nc3cccc(Cl)c3)nn12. The van der Waals surface area contributed by atoms with Crippen molar-refractivity contribution in [1.82, 2.24) is 35.1 Å². The number of halogens is 1. The van der Waals surface area contributed by atoms with Crippen molar-refractivity contribution in [3.05, 3.63) is 70.9 Å². The van der Waals surface area contributed by atoms with Gasteiger partial charge in [0.2, 0.25) is 0 Å². The van der Waals surface area contributed by atoms with Gasteiger partial charge in [0.25, 0.3) is 5.91 Å². The second-order valence-corrected chi connectivity index (χ2v) is 7.97. The molecule has 4 N–H and O–H groups in total. The minimum atomic E-state index is -0.439. The van der Waals surface area contributed by atoms with Crippen LogP contribution in [0.4, 0.5) is 17.3 Å². The third-order valence-corrected chi connectivity index (χ3v) is 5.45. The zero-order chi connectivity index (χ0) is 22.8. The molecule has 1 aromatic carbocycles. The molecule has 1 amide bonds. The number of hydrogen-bond donors (Lipinski definition) is 3. The van der Waals surface area contributed by atoms with Crippen LogP contribution in [0, 0.1) is 0 Å². The van der Waals surface area contributed by atoms with Crippen LogP contribution in [0.5, 0.6) is 0 Å². The van der Waals surface area contributed by atoms with Gasteiger partial charge in [-0.2, -0.15) is 4.52 Å². The Morgan fingerprint density at radius 2 is 2.12 bits per heavy atom. The van der Waals surface area contributed by atoms with Gasteiger partial charge in [-0.15, -0.1) is 15.3 Å². The fraction of sp³-hybridized carbons (Fsp3) is 0.182. The largest absolute Gasteiger partial charge is 0.382 e. The molecule has 0 spiro atoms. The first-order chi connectivity index (χ1) is 16.1. The van der Waals surface area contributed by atoms with Gasteiger partial charge in [0, 0.05) is 10.7 Å². The summed E-state index contributed by atoms with van der Waals surface area (Å²) >= 11 is 6.05. The highest BCUT2D eigenvalue weighted by atomic mass is 35.5. The molecule has 1 aliphatic carbocycles. The number of anilines is 3. The van der Waals surface area contributed by atoms with Crippen LogP contribution in [0.15, 0.2) is 48.7 Å². The Bertz CT molecular complexity index is 1380. The highest BCUT2D eigenvalue weighted by Crippen LogP contribution is 2.26. The lowest BCUT2D eigenvalue weighted by molar-refractivity contribution is 0.0945. The van der Waals surface area contributed by atoms with Crippen LogP contribution in [-0.4, -0.2) is 35.7 Å². The fourth-order valence-electron chi connectivity index (χ4n) is 3.59. The van der Waals surface area contributed by atoms with Crippen molar-refractivity contribution < 1.29 is 4.79 Å². The lowest BCUT2D eigenvalue weighted by Gasteiger charge is -2.09. The predicted octanol–water partition coefficient (Wildman–Crippen LogP) is 3.39. The van der Waals surface area contributed by atoms with Crippen LogP contribution in [0.1, 0.15) is 41.3 Å². The Kier molecular flexibility index (Phi) is 5.57. The number of nitrogens with zero attached hydrogens (tertiary/aromatic N) is 6. The fourth-order valence-corrected chi connectivity index (χ4v) is 3.78. The molecule has 0 bridgehead atoms. The van der Waals surface area contributed by atoms with Crippen LogP contribution in [-0.2, 0) is 6.54 Å². The Morgan fingerprint density at radius 3 is 2.94 bits per heavy atom. The lowest BCUT2D eigenvalue weighted by Crippen LogP contribution is -2.27. The maximum atomic E-state index is 12.8. The molecule has 10 nitrogen and oxygen atoms in total. The molecular weight excluding hydrogens is 442 g/mol. The summed E-state index contributed by atoms with van der Waals surface area (Å²) in [4.78, 5) is 21.4. The molecule has 3 aromatic heterocycles. The maximum absolute atomic E-state index is 12.8. The van der Waals surface area contributed by atoms with Crippen LogP contribution < -0.4 is 16.4 Å². The first-order valence-corrected chi connectivity index (χ1v) is 10.8. The number of benzene rings is 1. The molecule has 0 aliphatic heterocycles. The topological polar surface area (TPSA) is 136 Å². The van der Waals surface area contributed by atoms with E-state index in [4.69, 9.17) is 17.3 Å². The normalized spacial score (nSPS) is 13.2. The molecule has 11 heteroatoms. The number of carbonyl (C=O) groups is 1. The summed E-state index contributed by atoms with van der Waals surface area (Å²) in [5.41, 5.74) is 9.11. The average Bonchev–Trinajstić information content (AvgIpc) is 3.48. The van der Waals surface area contributed by atoms with Crippen LogP contribution in [0.2, 0.25) is 5.02 Å². The van der Waals surface area contributed by atoms with E-state index in [0.29, 0.717) is 28.0 Å². The molecule has 33 heavy (non-hydrogen) atoms. The number of hydrogen-bond acceptors (Lipinski definition) is 8. The second kappa shape index (κ2) is 8.83. The van der Waals surface area contributed by atoms with Gasteiger partial charge in [-0.1, -0.05) is 23.7 Å². The Morgan fingerprint density at radius 1 is 1.21 bits per heavy atom. The molecule has 0 unspecified atom stereocenters. The number of nitrogen functional groups attached to an aromatic ring is 1. The minimum Gasteiger partial charge on any atom is -0.382 e. The molecule has 0 saturated carbocycles. The third kappa shape index (κ3) is 4.46. The van der Waals surface area contributed by atoms with Crippen LogP contribution >= 0.6 is 11.6 Å². The smallest absolute Gasteiger partial charge is 0.274 e. The number of allylic oxidation sites excluding steroid dienone is 2. The molecule has 0 fully saturated rings. The van der Waals surface area contributed by atoms with Crippen molar-refractivity contribution >= 4 is 46.1 Å². The van der Waals surface area contributed by atoms with E-state index in [9.17, 15) is 4.79 Å². The number of nitrogens with one attached hydrogen (secondary N) is 2. The second-order valence-electron chi connectivity index (χ2n) is 7.53. The molecular formula is C22H20ClN9O. The molecule has 4 aromatic rings. The summed E-state index contributed by atoms with van der Waals surface area (Å²) in [7, 11) is 0. The van der Waals surface area contributed by atoms with Crippen molar-refractivity contribution in [3.8, 4) is 0 Å². The molecule has 3 heterocycles. The van der Waals surface area contributed by atoms with E-state index in [-0.39, 0.29) is 18.1 Å². The van der Waals surface area contributed by atoms with Gasteiger partial charge in [-0.3, -0.25) is 4.79 Å². The number of fused-ring (bicyclic) bond motifs is 1. The van der Waals surface area contributed by atoms with Gasteiger partial charge < -0.3 is 16.4 Å². The van der Waals surface area contributed by atoms with Crippen LogP contribution in [0.25, 0.3) is 11.2 Å². The molecule has 1 aliphatic rings. The summed E-state index contributed by atoms with van der Waals surface area (Å²) in [6.45, 7) is 0.0850. The maximum Gasteiger partial charge on any atom is 0.274 e. The van der Waals surface area contributed by atoms with Gasteiger partial charge in [0.1, 0.15) is 0 Å². The van der Waals surface area contributed by atoms with E-state index >= 15 is 0 Å². The van der Waals surface area contributed by atoms with E-state index in [1.807, 2.05) is 12.1 Å². The van der Waals surface area contributed by atoms with Crippen molar-refractivity contribution in [1.29, 1.82) is 0 Å². The molecule has 0 saturated heterocycles. The van der Waals surface area contributed by atoms with Crippen molar-refractivity contribution in [2.24, 2.45) is 0 Å². The Labute approximate surface area is 193 Å². The Balaban J connectivity index is 1.33. The van der Waals surface area contributed by atoms with Gasteiger partial charge in [-0.25, -0.2) is 9.97 Å². The molecule has 0 radical (unpaired) electrons. The predicted molar refractivity (Wildman–Crippen MR) is 125 cm³/mol. The average molecular weight is 462 g/mol. The number of aromatic nitrogens is 6. The summed E-state index contributed by atoms with van der Waals surface area (Å²) in [5.74, 6) is 0.663. The molecule has 5 rings (SSSR count). The van der Waals surface area contributed by atoms with Gasteiger partial charge in [0.05, 0.1) is 18.4 Å². The van der Waals surface area contributed by atoms with Crippen LogP contribution in [0.3, 0.4) is 0 Å². The van der Waals surface area contributed by atoms with Crippen molar-refractivity contribution in [2.45, 2.75) is 25.8 Å². The number of amides is 1. The number of rotatable bonds is 6. The minimum absolute atomic E-state index is 0.0760. The lowest BCUT2D eigenvalue weighted by atomic mass is 10.2. The van der Waals surface area contributed by atoms with Crippen molar-refractivity contribution in [2.75, 3.05) is 11.1 Å². The standard InChI is InChI=1S/C22H20ClN9O/c23-14-6-3-7-15(10-14)27-17-8-9-18-29-30-19(32(18)31-17)12-26-22(33)20-21(24)25-11-16(28-20)13-4-1-2-5-13/h3-4,6-11H,1-2,5,12H2,(H2,24,25)(H,26,33)(H,27,31). The number of carbonyl (C=O) groups excluding carboxylic acids is 1. The molecule has 166 valence electrons. The van der Waals surface area contributed by atoms with E-state index in [1.54, 1.807) is 35.0 Å². The first kappa shape index (κ1) is 20.8. The zero-order valence-electron chi connectivity index (χ0n) is 17.5. The van der Waals surface area contributed by atoms with E-state index < -0.39 is 5.91 Å². The van der Waals surface area contributed by atoms with E-state index in [2.05, 4.69) is 42.0 Å². The highest BCUT2D eigenvalue weighted by Gasteiger charge is 2.18. The first-order valence-electron chi connectivity index (χ1n) is 10.4.